The van der Waals surface area contributed by atoms with Gasteiger partial charge in [0, 0.05) is 18.7 Å². The Morgan fingerprint density at radius 1 is 1.12 bits per heavy atom. The minimum Gasteiger partial charge on any atom is -0.326 e. The highest BCUT2D eigenvalue weighted by Crippen LogP contribution is 2.16. The molecular weight excluding hydrogens is 326 g/mol. The number of amides is 1. The summed E-state index contributed by atoms with van der Waals surface area (Å²) in [6.45, 7) is 6.41. The first kappa shape index (κ1) is 17.9. The van der Waals surface area contributed by atoms with Gasteiger partial charge in [-0.05, 0) is 50.5 Å². The summed E-state index contributed by atoms with van der Waals surface area (Å²) in [7, 11) is 0. The molecular formula is C21H23N3O2. The number of nitrogens with zero attached hydrogens (tertiary/aromatic N) is 2. The Kier molecular flexibility index (Phi) is 5.16. The van der Waals surface area contributed by atoms with Gasteiger partial charge in [-0.2, -0.15) is 0 Å². The lowest BCUT2D eigenvalue weighted by molar-refractivity contribution is -0.116. The molecule has 0 saturated carbocycles. The van der Waals surface area contributed by atoms with Crippen LogP contribution in [0.4, 0.5) is 5.69 Å². The molecule has 0 fully saturated rings. The highest BCUT2D eigenvalue weighted by atomic mass is 16.1. The lowest BCUT2D eigenvalue weighted by atomic mass is 10.1. The predicted octanol–water partition coefficient (Wildman–Crippen LogP) is 3.74. The summed E-state index contributed by atoms with van der Waals surface area (Å²) in [6.07, 6.45) is 2.50. The summed E-state index contributed by atoms with van der Waals surface area (Å²) in [6, 6.07) is 11.5. The Morgan fingerprint density at radius 3 is 2.69 bits per heavy atom. The van der Waals surface area contributed by atoms with Crippen LogP contribution in [0.2, 0.25) is 0 Å². The number of aryl methyl sites for hydroxylation is 4. The van der Waals surface area contributed by atoms with Gasteiger partial charge in [-0.25, -0.2) is 4.98 Å². The maximum Gasteiger partial charge on any atom is 0.261 e. The Hall–Kier alpha value is -2.95. The van der Waals surface area contributed by atoms with Crippen molar-refractivity contribution in [3.63, 3.8) is 0 Å². The molecule has 0 unspecified atom stereocenters. The van der Waals surface area contributed by atoms with E-state index in [9.17, 15) is 9.59 Å². The fourth-order valence-electron chi connectivity index (χ4n) is 3.07. The van der Waals surface area contributed by atoms with E-state index in [0.717, 1.165) is 22.3 Å². The standard InChI is InChI=1S/C21H23N3O2/c1-14-9-10-18(16(3)12-14)23-19(25)8-5-11-24-13-22-20-15(2)6-4-7-17(20)21(24)26/h4,6-7,9-10,12-13H,5,8,11H2,1-3H3,(H,23,25). The van der Waals surface area contributed by atoms with Crippen LogP contribution in [0, 0.1) is 20.8 Å². The smallest absolute Gasteiger partial charge is 0.261 e. The maximum atomic E-state index is 12.5. The van der Waals surface area contributed by atoms with E-state index in [1.54, 1.807) is 17.0 Å². The molecule has 0 saturated heterocycles. The van der Waals surface area contributed by atoms with Gasteiger partial charge in [-0.3, -0.25) is 14.2 Å². The monoisotopic (exact) mass is 349 g/mol. The van der Waals surface area contributed by atoms with Crippen LogP contribution in [0.1, 0.15) is 29.5 Å². The average Bonchev–Trinajstić information content (AvgIpc) is 2.60. The van der Waals surface area contributed by atoms with E-state index < -0.39 is 0 Å². The summed E-state index contributed by atoms with van der Waals surface area (Å²) in [5.74, 6) is -0.0467. The van der Waals surface area contributed by atoms with Gasteiger partial charge in [0.1, 0.15) is 0 Å². The molecule has 0 aliphatic rings. The average molecular weight is 349 g/mol. The number of anilines is 1. The van der Waals surface area contributed by atoms with Crippen LogP contribution < -0.4 is 10.9 Å². The molecule has 1 amide bonds. The van der Waals surface area contributed by atoms with Crippen molar-refractivity contribution in [3.05, 3.63) is 69.8 Å². The van der Waals surface area contributed by atoms with Crippen molar-refractivity contribution >= 4 is 22.5 Å². The van der Waals surface area contributed by atoms with Crippen LogP contribution in [0.3, 0.4) is 0 Å². The minimum absolute atomic E-state index is 0.0467. The number of aromatic nitrogens is 2. The molecule has 0 aliphatic heterocycles. The molecule has 1 N–H and O–H groups in total. The van der Waals surface area contributed by atoms with Crippen molar-refractivity contribution in [3.8, 4) is 0 Å². The number of benzene rings is 2. The van der Waals surface area contributed by atoms with Crippen LogP contribution in [0.15, 0.2) is 47.5 Å². The Bertz CT molecular complexity index is 1020. The van der Waals surface area contributed by atoms with Gasteiger partial charge in [-0.1, -0.05) is 29.8 Å². The quantitative estimate of drug-likeness (QED) is 0.763. The van der Waals surface area contributed by atoms with Gasteiger partial charge >= 0.3 is 0 Å². The highest BCUT2D eigenvalue weighted by molar-refractivity contribution is 5.91. The minimum atomic E-state index is -0.0616. The third kappa shape index (κ3) is 3.82. The lowest BCUT2D eigenvalue weighted by Gasteiger charge is -2.10. The molecule has 0 radical (unpaired) electrons. The zero-order valence-electron chi connectivity index (χ0n) is 15.4. The largest absolute Gasteiger partial charge is 0.326 e. The van der Waals surface area contributed by atoms with Crippen LogP contribution in [0.25, 0.3) is 10.9 Å². The molecule has 2 aromatic carbocycles. The van der Waals surface area contributed by atoms with Gasteiger partial charge in [0.2, 0.25) is 5.91 Å². The van der Waals surface area contributed by atoms with Crippen LogP contribution >= 0.6 is 0 Å². The second-order valence-electron chi connectivity index (χ2n) is 6.68. The highest BCUT2D eigenvalue weighted by Gasteiger charge is 2.08. The second kappa shape index (κ2) is 7.52. The van der Waals surface area contributed by atoms with Crippen molar-refractivity contribution in [2.45, 2.75) is 40.2 Å². The van der Waals surface area contributed by atoms with E-state index in [-0.39, 0.29) is 11.5 Å². The third-order valence-corrected chi connectivity index (χ3v) is 4.51. The summed E-state index contributed by atoms with van der Waals surface area (Å²) < 4.78 is 1.58. The predicted molar refractivity (Wildman–Crippen MR) is 105 cm³/mol. The van der Waals surface area contributed by atoms with Gasteiger partial charge in [0.15, 0.2) is 0 Å². The van der Waals surface area contributed by atoms with Crippen molar-refractivity contribution in [2.75, 3.05) is 5.32 Å². The first-order valence-corrected chi connectivity index (χ1v) is 8.77. The van der Waals surface area contributed by atoms with E-state index in [2.05, 4.69) is 10.3 Å². The summed E-state index contributed by atoms with van der Waals surface area (Å²) in [5, 5.41) is 3.55. The normalized spacial score (nSPS) is 10.9. The van der Waals surface area contributed by atoms with Crippen molar-refractivity contribution in [1.29, 1.82) is 0 Å². The number of nitrogens with one attached hydrogen (secondary N) is 1. The zero-order valence-corrected chi connectivity index (χ0v) is 15.4. The molecule has 3 aromatic rings. The lowest BCUT2D eigenvalue weighted by Crippen LogP contribution is -2.22. The molecule has 26 heavy (non-hydrogen) atoms. The molecule has 0 bridgehead atoms. The summed E-state index contributed by atoms with van der Waals surface area (Å²) in [4.78, 5) is 29.1. The molecule has 5 nitrogen and oxygen atoms in total. The topological polar surface area (TPSA) is 64.0 Å². The van der Waals surface area contributed by atoms with Gasteiger partial charge in [0.25, 0.3) is 5.56 Å². The van der Waals surface area contributed by atoms with Crippen molar-refractivity contribution in [2.24, 2.45) is 0 Å². The number of para-hydroxylation sites is 1. The van der Waals surface area contributed by atoms with E-state index in [4.69, 9.17) is 0 Å². The molecule has 1 heterocycles. The number of carbonyl (C=O) groups is 1. The molecule has 1 aromatic heterocycles. The van der Waals surface area contributed by atoms with Crippen LogP contribution in [-0.4, -0.2) is 15.5 Å². The number of hydrogen-bond acceptors (Lipinski definition) is 3. The first-order chi connectivity index (χ1) is 12.5. The van der Waals surface area contributed by atoms with Crippen LogP contribution in [-0.2, 0) is 11.3 Å². The van der Waals surface area contributed by atoms with E-state index in [1.165, 1.54) is 5.56 Å². The van der Waals surface area contributed by atoms with E-state index in [1.807, 2.05) is 51.1 Å². The second-order valence-corrected chi connectivity index (χ2v) is 6.68. The van der Waals surface area contributed by atoms with Gasteiger partial charge < -0.3 is 5.32 Å². The SMILES string of the molecule is Cc1ccc(NC(=O)CCCn2cnc3c(C)cccc3c2=O)c(C)c1. The molecule has 0 aliphatic carbocycles. The van der Waals surface area contributed by atoms with Crippen molar-refractivity contribution < 1.29 is 4.79 Å². The first-order valence-electron chi connectivity index (χ1n) is 8.77. The van der Waals surface area contributed by atoms with Gasteiger partial charge in [0.05, 0.1) is 17.2 Å². The van der Waals surface area contributed by atoms with Crippen LogP contribution in [0.5, 0.6) is 0 Å². The number of hydrogen-bond donors (Lipinski definition) is 1. The molecule has 5 heteroatoms. The third-order valence-electron chi connectivity index (χ3n) is 4.51. The molecule has 134 valence electrons. The molecule has 3 rings (SSSR count). The van der Waals surface area contributed by atoms with E-state index >= 15 is 0 Å². The fourth-order valence-corrected chi connectivity index (χ4v) is 3.07. The number of fused-ring (bicyclic) bond motifs is 1. The number of carbonyl (C=O) groups excluding carboxylic acids is 1. The Morgan fingerprint density at radius 2 is 1.92 bits per heavy atom. The fraction of sp³-hybridized carbons (Fsp3) is 0.286. The Balaban J connectivity index is 1.63. The summed E-state index contributed by atoms with van der Waals surface area (Å²) >= 11 is 0. The van der Waals surface area contributed by atoms with Crippen molar-refractivity contribution in [1.82, 2.24) is 9.55 Å². The number of rotatable bonds is 5. The maximum absolute atomic E-state index is 12.5. The van der Waals surface area contributed by atoms with Gasteiger partial charge in [-0.15, -0.1) is 0 Å². The Labute approximate surface area is 152 Å². The molecule has 0 spiro atoms. The zero-order chi connectivity index (χ0) is 18.7. The van der Waals surface area contributed by atoms with E-state index in [0.29, 0.717) is 24.8 Å². The molecule has 0 atom stereocenters. The summed E-state index contributed by atoms with van der Waals surface area (Å²) in [5.41, 5.74) is 4.71.